The maximum absolute atomic E-state index is 2.44. The molecule has 0 bridgehead atoms. The van der Waals surface area contributed by atoms with Gasteiger partial charge in [0.1, 0.15) is 0 Å². The maximum atomic E-state index is 2.44. The molecule has 1 heterocycles. The van der Waals surface area contributed by atoms with Gasteiger partial charge in [0.2, 0.25) is 0 Å². The van der Waals surface area contributed by atoms with Crippen LogP contribution in [-0.4, -0.2) is 13.1 Å². The average molecular weight is 203 g/mol. The molecule has 82 valence electrons. The number of nitrogens with zero attached hydrogens (tertiary/aromatic N) is 1. The minimum Gasteiger partial charge on any atom is -0.370 e. The van der Waals surface area contributed by atoms with E-state index in [1.165, 1.54) is 11.3 Å². The highest BCUT2D eigenvalue weighted by Crippen LogP contribution is 2.46. The molecule has 0 fully saturated rings. The standard InChI is InChI=1S/C14H21N/c1-10(2)13-14(3,4)11-8-6-7-9-12(11)15(13)5/h6-10,13H,1-5H3. The Labute approximate surface area is 93.1 Å². The third-order valence-corrected chi connectivity index (χ3v) is 3.77. The summed E-state index contributed by atoms with van der Waals surface area (Å²) in [5.41, 5.74) is 3.16. The number of hydrogen-bond acceptors (Lipinski definition) is 1. The molecular formula is C14H21N. The Morgan fingerprint density at radius 1 is 1.20 bits per heavy atom. The molecule has 2 rings (SSSR count). The summed E-state index contributed by atoms with van der Waals surface area (Å²) in [5, 5.41) is 0. The van der Waals surface area contributed by atoms with Crippen molar-refractivity contribution in [3.63, 3.8) is 0 Å². The van der Waals surface area contributed by atoms with Gasteiger partial charge in [-0.15, -0.1) is 0 Å². The van der Waals surface area contributed by atoms with Crippen LogP contribution in [-0.2, 0) is 5.41 Å². The van der Waals surface area contributed by atoms with Crippen molar-refractivity contribution in [2.45, 2.75) is 39.2 Å². The van der Waals surface area contributed by atoms with Gasteiger partial charge in [-0.3, -0.25) is 0 Å². The largest absolute Gasteiger partial charge is 0.370 e. The molecule has 0 amide bonds. The Morgan fingerprint density at radius 3 is 2.33 bits per heavy atom. The van der Waals surface area contributed by atoms with Crippen molar-refractivity contribution in [3.8, 4) is 0 Å². The van der Waals surface area contributed by atoms with Crippen LogP contribution in [0.15, 0.2) is 24.3 Å². The predicted octanol–water partition coefficient (Wildman–Crippen LogP) is 3.44. The van der Waals surface area contributed by atoms with Gasteiger partial charge in [-0.1, -0.05) is 45.9 Å². The fraction of sp³-hybridized carbons (Fsp3) is 0.571. The van der Waals surface area contributed by atoms with Crippen molar-refractivity contribution >= 4 is 5.69 Å². The highest BCUT2D eigenvalue weighted by molar-refractivity contribution is 5.63. The van der Waals surface area contributed by atoms with Crippen LogP contribution in [0.25, 0.3) is 0 Å². The Balaban J connectivity index is 2.54. The van der Waals surface area contributed by atoms with Gasteiger partial charge in [-0.25, -0.2) is 0 Å². The SMILES string of the molecule is CC(C)C1N(C)c2ccccc2C1(C)C. The van der Waals surface area contributed by atoms with E-state index in [-0.39, 0.29) is 5.41 Å². The van der Waals surface area contributed by atoms with Gasteiger partial charge < -0.3 is 4.90 Å². The monoisotopic (exact) mass is 203 g/mol. The summed E-state index contributed by atoms with van der Waals surface area (Å²) in [7, 11) is 2.22. The lowest BCUT2D eigenvalue weighted by Gasteiger charge is -2.35. The van der Waals surface area contributed by atoms with E-state index in [2.05, 4.69) is 63.9 Å². The quantitative estimate of drug-likeness (QED) is 0.676. The first-order valence-electron chi connectivity index (χ1n) is 5.78. The number of anilines is 1. The summed E-state index contributed by atoms with van der Waals surface area (Å²) >= 11 is 0. The van der Waals surface area contributed by atoms with E-state index in [9.17, 15) is 0 Å². The lowest BCUT2D eigenvalue weighted by atomic mass is 9.76. The Kier molecular flexibility index (Phi) is 2.29. The molecule has 0 saturated carbocycles. The molecule has 0 aromatic heterocycles. The van der Waals surface area contributed by atoms with Crippen LogP contribution >= 0.6 is 0 Å². The van der Waals surface area contributed by atoms with E-state index >= 15 is 0 Å². The zero-order valence-electron chi connectivity index (χ0n) is 10.4. The molecule has 1 nitrogen and oxygen atoms in total. The molecule has 15 heavy (non-hydrogen) atoms. The van der Waals surface area contributed by atoms with E-state index in [4.69, 9.17) is 0 Å². The molecule has 1 heteroatoms. The third-order valence-electron chi connectivity index (χ3n) is 3.77. The highest BCUT2D eigenvalue weighted by atomic mass is 15.2. The molecule has 1 atom stereocenters. The van der Waals surface area contributed by atoms with Gasteiger partial charge >= 0.3 is 0 Å². The van der Waals surface area contributed by atoms with Crippen LogP contribution < -0.4 is 4.90 Å². The summed E-state index contributed by atoms with van der Waals surface area (Å²) in [5.74, 6) is 0.678. The minimum absolute atomic E-state index is 0.263. The summed E-state index contributed by atoms with van der Waals surface area (Å²) in [6, 6.07) is 9.40. The molecule has 0 radical (unpaired) electrons. The molecule has 1 aromatic rings. The fourth-order valence-corrected chi connectivity index (χ4v) is 3.40. The first kappa shape index (κ1) is 10.5. The van der Waals surface area contributed by atoms with E-state index in [0.717, 1.165) is 0 Å². The van der Waals surface area contributed by atoms with E-state index < -0.39 is 0 Å². The van der Waals surface area contributed by atoms with Crippen molar-refractivity contribution in [1.29, 1.82) is 0 Å². The molecule has 0 spiro atoms. The molecule has 1 aliphatic rings. The second kappa shape index (κ2) is 3.26. The minimum atomic E-state index is 0.263. The highest BCUT2D eigenvalue weighted by Gasteiger charge is 2.43. The molecule has 1 aliphatic heterocycles. The second-order valence-electron chi connectivity index (χ2n) is 5.54. The first-order valence-corrected chi connectivity index (χ1v) is 5.78. The molecule has 0 N–H and O–H groups in total. The second-order valence-corrected chi connectivity index (χ2v) is 5.54. The smallest absolute Gasteiger partial charge is 0.0405 e. The summed E-state index contributed by atoms with van der Waals surface area (Å²) in [6.07, 6.45) is 0. The Bertz CT molecular complexity index is 365. The van der Waals surface area contributed by atoms with Crippen molar-refractivity contribution in [1.82, 2.24) is 0 Å². The number of fused-ring (bicyclic) bond motifs is 1. The average Bonchev–Trinajstić information content (AvgIpc) is 2.36. The number of likely N-dealkylation sites (N-methyl/N-ethyl adjacent to an activating group) is 1. The maximum Gasteiger partial charge on any atom is 0.0405 e. The molecule has 0 aliphatic carbocycles. The van der Waals surface area contributed by atoms with Crippen molar-refractivity contribution in [2.24, 2.45) is 5.92 Å². The topological polar surface area (TPSA) is 3.24 Å². The van der Waals surface area contributed by atoms with Gasteiger partial charge in [-0.2, -0.15) is 0 Å². The van der Waals surface area contributed by atoms with E-state index in [1.54, 1.807) is 0 Å². The number of hydrogen-bond donors (Lipinski definition) is 0. The van der Waals surface area contributed by atoms with Crippen LogP contribution in [0, 0.1) is 5.92 Å². The van der Waals surface area contributed by atoms with Crippen LogP contribution in [0.4, 0.5) is 5.69 Å². The zero-order valence-corrected chi connectivity index (χ0v) is 10.4. The Hall–Kier alpha value is -0.980. The van der Waals surface area contributed by atoms with Crippen molar-refractivity contribution < 1.29 is 0 Å². The van der Waals surface area contributed by atoms with Crippen LogP contribution in [0.5, 0.6) is 0 Å². The van der Waals surface area contributed by atoms with Gasteiger partial charge in [0.25, 0.3) is 0 Å². The third kappa shape index (κ3) is 1.37. The number of benzene rings is 1. The normalized spacial score (nSPS) is 23.3. The summed E-state index contributed by atoms with van der Waals surface area (Å²) < 4.78 is 0. The van der Waals surface area contributed by atoms with Gasteiger partial charge in [-0.05, 0) is 17.5 Å². The summed E-state index contributed by atoms with van der Waals surface area (Å²) in [6.45, 7) is 9.35. The van der Waals surface area contributed by atoms with Crippen molar-refractivity contribution in [3.05, 3.63) is 29.8 Å². The fourth-order valence-electron chi connectivity index (χ4n) is 3.40. The van der Waals surface area contributed by atoms with Crippen LogP contribution in [0.3, 0.4) is 0 Å². The molecule has 0 saturated heterocycles. The number of rotatable bonds is 1. The van der Waals surface area contributed by atoms with E-state index in [1.807, 2.05) is 0 Å². The lowest BCUT2D eigenvalue weighted by molar-refractivity contribution is 0.343. The first-order chi connectivity index (χ1) is 6.96. The van der Waals surface area contributed by atoms with Gasteiger partial charge in [0, 0.05) is 24.2 Å². The van der Waals surface area contributed by atoms with Gasteiger partial charge in [0.15, 0.2) is 0 Å². The van der Waals surface area contributed by atoms with E-state index in [0.29, 0.717) is 12.0 Å². The van der Waals surface area contributed by atoms with Gasteiger partial charge in [0.05, 0.1) is 0 Å². The lowest BCUT2D eigenvalue weighted by Crippen LogP contribution is -2.43. The molecule has 1 aromatic carbocycles. The summed E-state index contributed by atoms with van der Waals surface area (Å²) in [4.78, 5) is 2.44. The molecular weight excluding hydrogens is 182 g/mol. The Morgan fingerprint density at radius 2 is 1.80 bits per heavy atom. The van der Waals surface area contributed by atoms with Crippen LogP contribution in [0.2, 0.25) is 0 Å². The number of para-hydroxylation sites is 1. The zero-order chi connectivity index (χ0) is 11.2. The van der Waals surface area contributed by atoms with Crippen LogP contribution in [0.1, 0.15) is 33.3 Å². The predicted molar refractivity (Wildman–Crippen MR) is 66.5 cm³/mol. The molecule has 1 unspecified atom stereocenters. The van der Waals surface area contributed by atoms with Crippen molar-refractivity contribution in [2.75, 3.05) is 11.9 Å².